The molecule has 1 aromatic rings. The van der Waals surface area contributed by atoms with Crippen LogP contribution in [0.4, 0.5) is 0 Å². The van der Waals surface area contributed by atoms with Crippen molar-refractivity contribution in [2.24, 2.45) is 11.5 Å². The molecule has 1 rings (SSSR count). The van der Waals surface area contributed by atoms with Crippen LogP contribution in [0.2, 0.25) is 0 Å². The molecular formula is C23H39N3O3. The summed E-state index contributed by atoms with van der Waals surface area (Å²) in [5.41, 5.74) is 11.3. The van der Waals surface area contributed by atoms with Crippen LogP contribution in [-0.4, -0.2) is 34.5 Å². The number of nitrogens with two attached hydrogens (primary N) is 2. The first-order chi connectivity index (χ1) is 14.0. The topological polar surface area (TPSA) is 110 Å². The minimum atomic E-state index is -1.21. The fraction of sp³-hybridized carbons (Fsp3) is 0.652. The number of hydrogen-bond acceptors (Lipinski definition) is 5. The molecule has 1 aromatic carbocycles. The molecule has 0 atom stereocenters. The molecule has 29 heavy (non-hydrogen) atoms. The highest BCUT2D eigenvalue weighted by atomic mass is 16.3. The summed E-state index contributed by atoms with van der Waals surface area (Å²) in [4.78, 5) is 26.0. The average Bonchev–Trinajstić information content (AvgIpc) is 2.71. The van der Waals surface area contributed by atoms with Crippen LogP contribution in [0, 0.1) is 0 Å². The summed E-state index contributed by atoms with van der Waals surface area (Å²) in [6.45, 7) is 2.55. The van der Waals surface area contributed by atoms with Crippen molar-refractivity contribution >= 4 is 11.8 Å². The smallest absolute Gasteiger partial charge is 0.260 e. The van der Waals surface area contributed by atoms with E-state index in [1.165, 1.54) is 82.1 Å². The Morgan fingerprint density at radius 1 is 0.828 bits per heavy atom. The fourth-order valence-corrected chi connectivity index (χ4v) is 3.36. The number of carbonyl (C=O) groups is 2. The Bertz CT molecular complexity index is 588. The van der Waals surface area contributed by atoms with Gasteiger partial charge in [0.05, 0.1) is 0 Å². The summed E-state index contributed by atoms with van der Waals surface area (Å²) in [6, 6.07) is 5.81. The summed E-state index contributed by atoms with van der Waals surface area (Å²) in [5.74, 6) is -0.943. The Hall–Kier alpha value is -1.92. The number of carbonyl (C=O) groups excluding carboxylic acids is 2. The number of phenolic OH excluding ortho intramolecular Hbond substituents is 1. The number of imide groups is 1. The second kappa shape index (κ2) is 15.0. The van der Waals surface area contributed by atoms with E-state index in [0.29, 0.717) is 12.1 Å². The molecule has 0 saturated carbocycles. The Morgan fingerprint density at radius 3 is 1.72 bits per heavy atom. The molecule has 0 bridgehead atoms. The minimum absolute atomic E-state index is 0.0657. The van der Waals surface area contributed by atoms with Gasteiger partial charge in [-0.1, -0.05) is 77.6 Å². The molecule has 164 valence electrons. The standard InChI is InChI=1S/C23H39N3O3/c1-2-3-4-5-6-7-8-9-10-11-12-13-18-26(23(29)21(24)25)22(28)19-14-16-20(27)17-15-19/h14-17,21,27H,2-13,18,24-25H2,1H3. The molecule has 0 radical (unpaired) electrons. The van der Waals surface area contributed by atoms with Gasteiger partial charge in [-0.15, -0.1) is 0 Å². The average molecular weight is 406 g/mol. The van der Waals surface area contributed by atoms with Gasteiger partial charge in [0.15, 0.2) is 0 Å². The van der Waals surface area contributed by atoms with Crippen LogP contribution in [0.1, 0.15) is 94.3 Å². The quantitative estimate of drug-likeness (QED) is 0.298. The van der Waals surface area contributed by atoms with Gasteiger partial charge in [-0.3, -0.25) is 14.5 Å². The highest BCUT2D eigenvalue weighted by molar-refractivity contribution is 6.05. The lowest BCUT2D eigenvalue weighted by atomic mass is 10.1. The van der Waals surface area contributed by atoms with Gasteiger partial charge in [-0.25, -0.2) is 0 Å². The molecule has 5 N–H and O–H groups in total. The second-order valence-electron chi connectivity index (χ2n) is 7.76. The van der Waals surface area contributed by atoms with Crippen molar-refractivity contribution in [3.8, 4) is 5.75 Å². The molecule has 0 aliphatic heterocycles. The van der Waals surface area contributed by atoms with Crippen molar-refractivity contribution in [1.82, 2.24) is 4.90 Å². The summed E-state index contributed by atoms with van der Waals surface area (Å²) in [5, 5.41) is 9.37. The monoisotopic (exact) mass is 405 g/mol. The third-order valence-electron chi connectivity index (χ3n) is 5.15. The van der Waals surface area contributed by atoms with Crippen LogP contribution in [0.5, 0.6) is 5.75 Å². The molecule has 0 fully saturated rings. The van der Waals surface area contributed by atoms with Crippen molar-refractivity contribution < 1.29 is 14.7 Å². The highest BCUT2D eigenvalue weighted by Gasteiger charge is 2.25. The maximum absolute atomic E-state index is 12.6. The largest absolute Gasteiger partial charge is 0.508 e. The maximum Gasteiger partial charge on any atom is 0.260 e. The van der Waals surface area contributed by atoms with Gasteiger partial charge in [-0.2, -0.15) is 0 Å². The lowest BCUT2D eigenvalue weighted by Gasteiger charge is -2.22. The van der Waals surface area contributed by atoms with E-state index in [4.69, 9.17) is 11.5 Å². The van der Waals surface area contributed by atoms with Gasteiger partial charge in [0.2, 0.25) is 0 Å². The second-order valence-corrected chi connectivity index (χ2v) is 7.76. The molecule has 0 spiro atoms. The lowest BCUT2D eigenvalue weighted by molar-refractivity contribution is -0.129. The van der Waals surface area contributed by atoms with Crippen LogP contribution >= 0.6 is 0 Å². The molecule has 0 heterocycles. The fourth-order valence-electron chi connectivity index (χ4n) is 3.36. The number of benzene rings is 1. The Balaban J connectivity index is 2.29. The van der Waals surface area contributed by atoms with E-state index in [-0.39, 0.29) is 5.75 Å². The van der Waals surface area contributed by atoms with Gasteiger partial charge in [0, 0.05) is 12.1 Å². The zero-order chi connectivity index (χ0) is 21.5. The number of nitrogens with zero attached hydrogens (tertiary/aromatic N) is 1. The third kappa shape index (κ3) is 10.4. The summed E-state index contributed by atoms with van der Waals surface area (Å²) >= 11 is 0. The summed E-state index contributed by atoms with van der Waals surface area (Å²) in [6.07, 6.45) is 13.3. The molecule has 0 saturated heterocycles. The van der Waals surface area contributed by atoms with Crippen molar-refractivity contribution in [3.63, 3.8) is 0 Å². The first-order valence-corrected chi connectivity index (χ1v) is 11.1. The van der Waals surface area contributed by atoms with Gasteiger partial charge < -0.3 is 16.6 Å². The summed E-state index contributed by atoms with van der Waals surface area (Å²) < 4.78 is 0. The first kappa shape index (κ1) is 25.1. The molecule has 0 unspecified atom stereocenters. The molecule has 2 amide bonds. The minimum Gasteiger partial charge on any atom is -0.508 e. The van der Waals surface area contributed by atoms with Crippen LogP contribution in [-0.2, 0) is 4.79 Å². The van der Waals surface area contributed by atoms with Gasteiger partial charge in [-0.05, 0) is 30.7 Å². The first-order valence-electron chi connectivity index (χ1n) is 11.1. The Labute approximate surface area is 175 Å². The van der Waals surface area contributed by atoms with Crippen molar-refractivity contribution in [2.45, 2.75) is 90.1 Å². The SMILES string of the molecule is CCCCCCCCCCCCCCN(C(=O)c1ccc(O)cc1)C(=O)C(N)N. The summed E-state index contributed by atoms with van der Waals surface area (Å²) in [7, 11) is 0. The number of hydrogen-bond donors (Lipinski definition) is 3. The maximum atomic E-state index is 12.6. The number of rotatable bonds is 15. The van der Waals surface area contributed by atoms with E-state index >= 15 is 0 Å². The van der Waals surface area contributed by atoms with Gasteiger partial charge >= 0.3 is 0 Å². The van der Waals surface area contributed by atoms with Crippen molar-refractivity contribution in [3.05, 3.63) is 29.8 Å². The van der Waals surface area contributed by atoms with E-state index in [9.17, 15) is 14.7 Å². The Kier molecular flexibility index (Phi) is 13.0. The normalized spacial score (nSPS) is 11.0. The number of amides is 2. The van der Waals surface area contributed by atoms with Crippen LogP contribution < -0.4 is 11.5 Å². The van der Waals surface area contributed by atoms with E-state index in [0.717, 1.165) is 24.2 Å². The molecule has 0 aliphatic carbocycles. The Morgan fingerprint density at radius 2 is 1.28 bits per heavy atom. The molecule has 6 heteroatoms. The predicted molar refractivity (Wildman–Crippen MR) is 117 cm³/mol. The van der Waals surface area contributed by atoms with Crippen LogP contribution in [0.25, 0.3) is 0 Å². The van der Waals surface area contributed by atoms with E-state index in [1.54, 1.807) is 0 Å². The van der Waals surface area contributed by atoms with Crippen molar-refractivity contribution in [2.75, 3.05) is 6.54 Å². The molecular weight excluding hydrogens is 366 g/mol. The van der Waals surface area contributed by atoms with E-state index < -0.39 is 18.0 Å². The zero-order valence-corrected chi connectivity index (χ0v) is 17.9. The van der Waals surface area contributed by atoms with Crippen LogP contribution in [0.15, 0.2) is 24.3 Å². The molecule has 0 aromatic heterocycles. The highest BCUT2D eigenvalue weighted by Crippen LogP contribution is 2.15. The number of aromatic hydroxyl groups is 1. The van der Waals surface area contributed by atoms with Gasteiger partial charge in [0.1, 0.15) is 11.9 Å². The van der Waals surface area contributed by atoms with Crippen LogP contribution in [0.3, 0.4) is 0 Å². The predicted octanol–water partition coefficient (Wildman–Crippen LogP) is 4.31. The third-order valence-corrected chi connectivity index (χ3v) is 5.15. The number of phenols is 1. The number of unbranched alkanes of at least 4 members (excludes halogenated alkanes) is 11. The van der Waals surface area contributed by atoms with E-state index in [2.05, 4.69) is 6.92 Å². The van der Waals surface area contributed by atoms with Crippen molar-refractivity contribution in [1.29, 1.82) is 0 Å². The molecule has 6 nitrogen and oxygen atoms in total. The van der Waals surface area contributed by atoms with Gasteiger partial charge in [0.25, 0.3) is 11.8 Å². The molecule has 0 aliphatic rings. The lowest BCUT2D eigenvalue weighted by Crippen LogP contribution is -2.51. The van der Waals surface area contributed by atoms with E-state index in [1.807, 2.05) is 0 Å². The zero-order valence-electron chi connectivity index (χ0n) is 17.9.